The highest BCUT2D eigenvalue weighted by Gasteiger charge is 2.49. The van der Waals surface area contributed by atoms with Crippen molar-refractivity contribution >= 4 is 28.7 Å². The molecule has 2 aliphatic rings. The van der Waals surface area contributed by atoms with Crippen LogP contribution in [-0.4, -0.2) is 15.8 Å². The van der Waals surface area contributed by atoms with Crippen molar-refractivity contribution in [3.05, 3.63) is 71.7 Å². The molecule has 4 rings (SSSR count). The summed E-state index contributed by atoms with van der Waals surface area (Å²) in [6.07, 6.45) is 7.33. The van der Waals surface area contributed by atoms with Crippen molar-refractivity contribution in [3.63, 3.8) is 0 Å². The van der Waals surface area contributed by atoms with E-state index < -0.39 is 0 Å². The minimum Gasteiger partial charge on any atom is -0.384 e. The molecule has 2 aromatic rings. The summed E-state index contributed by atoms with van der Waals surface area (Å²) >= 11 is 5.60. The SMILES string of the molecule is O=C1CC2(CC2)CC(NCc2ccncc2)=C1C(=S)Nc1ccccc1. The molecule has 0 atom stereocenters. The molecular weight excluding hydrogens is 342 g/mol. The molecule has 0 unspecified atom stereocenters. The fourth-order valence-corrected chi connectivity index (χ4v) is 3.85. The van der Waals surface area contributed by atoms with E-state index in [1.807, 2.05) is 42.5 Å². The molecule has 2 N–H and O–H groups in total. The van der Waals surface area contributed by atoms with E-state index in [1.54, 1.807) is 12.4 Å². The number of allylic oxidation sites excluding steroid dienone is 1. The van der Waals surface area contributed by atoms with Gasteiger partial charge in [0.25, 0.3) is 0 Å². The van der Waals surface area contributed by atoms with Gasteiger partial charge in [0.2, 0.25) is 0 Å². The summed E-state index contributed by atoms with van der Waals surface area (Å²) in [7, 11) is 0. The monoisotopic (exact) mass is 363 g/mol. The number of ketones is 1. The molecule has 0 radical (unpaired) electrons. The maximum absolute atomic E-state index is 12.9. The van der Waals surface area contributed by atoms with E-state index in [-0.39, 0.29) is 11.2 Å². The molecule has 1 aromatic heterocycles. The lowest BCUT2D eigenvalue weighted by molar-refractivity contribution is -0.116. The Morgan fingerprint density at radius 3 is 2.50 bits per heavy atom. The van der Waals surface area contributed by atoms with Crippen LogP contribution in [0, 0.1) is 5.41 Å². The molecule has 0 saturated heterocycles. The third-order valence-corrected chi connectivity index (χ3v) is 5.45. The van der Waals surface area contributed by atoms with E-state index in [0.29, 0.717) is 23.5 Å². The van der Waals surface area contributed by atoms with Crippen molar-refractivity contribution in [1.29, 1.82) is 0 Å². The van der Waals surface area contributed by atoms with Crippen molar-refractivity contribution in [2.75, 3.05) is 5.32 Å². The summed E-state index contributed by atoms with van der Waals surface area (Å²) in [5.41, 5.74) is 3.83. The number of hydrogen-bond acceptors (Lipinski definition) is 4. The Labute approximate surface area is 158 Å². The summed E-state index contributed by atoms with van der Waals surface area (Å²) in [6.45, 7) is 0.665. The Bertz CT molecular complexity index is 857. The van der Waals surface area contributed by atoms with E-state index in [0.717, 1.165) is 36.2 Å². The normalized spacial score (nSPS) is 17.9. The first kappa shape index (κ1) is 16.9. The smallest absolute Gasteiger partial charge is 0.168 e. The highest BCUT2D eigenvalue weighted by Crippen LogP contribution is 2.56. The number of hydrogen-bond donors (Lipinski definition) is 2. The Hall–Kier alpha value is -2.53. The zero-order chi connectivity index (χ0) is 18.0. The minimum atomic E-state index is 0.152. The van der Waals surface area contributed by atoms with Crippen molar-refractivity contribution in [2.24, 2.45) is 5.41 Å². The quantitative estimate of drug-likeness (QED) is 0.786. The van der Waals surface area contributed by atoms with Crippen LogP contribution in [0.1, 0.15) is 31.2 Å². The van der Waals surface area contributed by atoms with Gasteiger partial charge in [0.1, 0.15) is 4.99 Å². The summed E-state index contributed by atoms with van der Waals surface area (Å²) in [5.74, 6) is 0.152. The maximum atomic E-state index is 12.9. The first-order valence-corrected chi connectivity index (χ1v) is 9.32. The molecule has 0 bridgehead atoms. The number of nitrogens with one attached hydrogen (secondary N) is 2. The highest BCUT2D eigenvalue weighted by atomic mass is 32.1. The zero-order valence-electron chi connectivity index (χ0n) is 14.5. The van der Waals surface area contributed by atoms with E-state index in [9.17, 15) is 4.79 Å². The Morgan fingerprint density at radius 1 is 1.08 bits per heavy atom. The van der Waals surface area contributed by atoms with Crippen LogP contribution in [0.25, 0.3) is 0 Å². The molecule has 4 nitrogen and oxygen atoms in total. The number of pyridine rings is 1. The van der Waals surface area contributed by atoms with Gasteiger partial charge in [-0.1, -0.05) is 30.4 Å². The molecule has 132 valence electrons. The second kappa shape index (κ2) is 7.00. The number of para-hydroxylation sites is 1. The van der Waals surface area contributed by atoms with Gasteiger partial charge in [0.05, 0.1) is 5.57 Å². The average Bonchev–Trinajstić information content (AvgIpc) is 3.39. The van der Waals surface area contributed by atoms with E-state index in [4.69, 9.17) is 12.2 Å². The molecule has 0 amide bonds. The Kier molecular flexibility index (Phi) is 4.55. The summed E-state index contributed by atoms with van der Waals surface area (Å²) < 4.78 is 0. The number of aromatic nitrogens is 1. The van der Waals surface area contributed by atoms with Crippen LogP contribution in [-0.2, 0) is 11.3 Å². The molecule has 2 aliphatic carbocycles. The topological polar surface area (TPSA) is 54.0 Å². The van der Waals surface area contributed by atoms with Crippen LogP contribution in [0.4, 0.5) is 5.69 Å². The molecule has 26 heavy (non-hydrogen) atoms. The summed E-state index contributed by atoms with van der Waals surface area (Å²) in [5, 5.41) is 6.70. The van der Waals surface area contributed by atoms with Crippen LogP contribution >= 0.6 is 12.2 Å². The Balaban J connectivity index is 1.58. The van der Waals surface area contributed by atoms with Crippen molar-refractivity contribution in [3.8, 4) is 0 Å². The number of rotatable bonds is 5. The molecule has 1 fully saturated rings. The van der Waals surface area contributed by atoms with Gasteiger partial charge in [-0.25, -0.2) is 0 Å². The number of Topliss-reactive ketones (excluding diaryl/α,β-unsaturated/α-hetero) is 1. The number of benzene rings is 1. The van der Waals surface area contributed by atoms with Crippen molar-refractivity contribution < 1.29 is 4.79 Å². The third kappa shape index (κ3) is 3.68. The second-order valence-corrected chi connectivity index (χ2v) is 7.57. The fourth-order valence-electron chi connectivity index (χ4n) is 3.49. The number of carbonyl (C=O) groups is 1. The van der Waals surface area contributed by atoms with Crippen molar-refractivity contribution in [1.82, 2.24) is 10.3 Å². The number of nitrogens with zero attached hydrogens (tertiary/aromatic N) is 1. The van der Waals surface area contributed by atoms with Gasteiger partial charge >= 0.3 is 0 Å². The molecule has 0 aliphatic heterocycles. The van der Waals surface area contributed by atoms with E-state index >= 15 is 0 Å². The molecule has 1 aromatic carbocycles. The van der Waals surface area contributed by atoms with Gasteiger partial charge in [-0.3, -0.25) is 9.78 Å². The predicted octanol–water partition coefficient (Wildman–Crippen LogP) is 4.01. The first-order chi connectivity index (χ1) is 12.7. The standard InChI is InChI=1S/C21H21N3OS/c25-18-13-21(8-9-21)12-17(23-14-15-6-10-22-11-7-15)19(18)20(26)24-16-4-2-1-3-5-16/h1-7,10-11,23H,8-9,12-14H2,(H,24,26). The fraction of sp³-hybridized carbons (Fsp3) is 0.286. The zero-order valence-corrected chi connectivity index (χ0v) is 15.3. The number of anilines is 1. The lowest BCUT2D eigenvalue weighted by Gasteiger charge is -2.27. The molecule has 1 spiro atoms. The molecular formula is C21H21N3OS. The molecule has 1 saturated carbocycles. The summed E-state index contributed by atoms with van der Waals surface area (Å²) in [4.78, 5) is 17.4. The first-order valence-electron chi connectivity index (χ1n) is 8.91. The largest absolute Gasteiger partial charge is 0.384 e. The van der Waals surface area contributed by atoms with Crippen molar-refractivity contribution in [2.45, 2.75) is 32.2 Å². The Morgan fingerprint density at radius 2 is 1.81 bits per heavy atom. The van der Waals surface area contributed by atoms with Gasteiger partial charge in [0.15, 0.2) is 5.78 Å². The number of carbonyl (C=O) groups excluding carboxylic acids is 1. The lowest BCUT2D eigenvalue weighted by Crippen LogP contribution is -2.32. The van der Waals surface area contributed by atoms with E-state index in [2.05, 4.69) is 15.6 Å². The third-order valence-electron chi connectivity index (χ3n) is 5.14. The second-order valence-electron chi connectivity index (χ2n) is 7.16. The highest BCUT2D eigenvalue weighted by molar-refractivity contribution is 7.81. The van der Waals surface area contributed by atoms with Crippen LogP contribution in [0.2, 0.25) is 0 Å². The number of thiocarbonyl (C=S) groups is 1. The van der Waals surface area contributed by atoms with Crippen LogP contribution in [0.15, 0.2) is 66.1 Å². The van der Waals surface area contributed by atoms with Crippen LogP contribution in [0.5, 0.6) is 0 Å². The maximum Gasteiger partial charge on any atom is 0.168 e. The van der Waals surface area contributed by atoms with E-state index in [1.165, 1.54) is 0 Å². The van der Waals surface area contributed by atoms with Crippen LogP contribution < -0.4 is 10.6 Å². The predicted molar refractivity (Wildman–Crippen MR) is 107 cm³/mol. The average molecular weight is 363 g/mol. The molecule has 5 heteroatoms. The van der Waals surface area contributed by atoms with Gasteiger partial charge in [0, 0.05) is 36.7 Å². The van der Waals surface area contributed by atoms with Gasteiger partial charge in [-0.05, 0) is 54.5 Å². The minimum absolute atomic E-state index is 0.152. The van der Waals surface area contributed by atoms with Gasteiger partial charge in [-0.2, -0.15) is 0 Å². The van der Waals surface area contributed by atoms with Gasteiger partial charge < -0.3 is 10.6 Å². The summed E-state index contributed by atoms with van der Waals surface area (Å²) in [6, 6.07) is 13.7. The lowest BCUT2D eigenvalue weighted by atomic mass is 9.83. The van der Waals surface area contributed by atoms with Crippen LogP contribution in [0.3, 0.4) is 0 Å². The van der Waals surface area contributed by atoms with Gasteiger partial charge in [-0.15, -0.1) is 0 Å². The molecule has 1 heterocycles.